The number of benzene rings is 2. The number of fused-ring (bicyclic) bond motifs is 1. The molecule has 4 heteroatoms. The molecule has 0 aromatic heterocycles. The van der Waals surface area contributed by atoms with Gasteiger partial charge in [-0.25, -0.2) is 0 Å². The van der Waals surface area contributed by atoms with Crippen LogP contribution in [0.4, 0.5) is 11.4 Å². The number of nitrogens with one attached hydrogen (secondary N) is 2. The van der Waals surface area contributed by atoms with Crippen LogP contribution in [0.15, 0.2) is 54.7 Å². The maximum atomic E-state index is 11.9. The minimum atomic E-state index is -0.106. The number of anilines is 2. The molecule has 1 amide bonds. The Hall–Kier alpha value is -2.59. The molecule has 2 aromatic rings. The maximum absolute atomic E-state index is 11.9. The topological polar surface area (TPSA) is 61.4 Å². The van der Waals surface area contributed by atoms with Gasteiger partial charge in [-0.1, -0.05) is 30.3 Å². The zero-order valence-electron chi connectivity index (χ0n) is 10.8. The summed E-state index contributed by atoms with van der Waals surface area (Å²) >= 11 is 0. The molecular formula is C16H14N2O2. The number of rotatable bonds is 3. The highest BCUT2D eigenvalue weighted by Gasteiger charge is 2.23. The SMILES string of the molecule is O=C1Nc2ccccc2C1=CNc1ccc(CO)cc1. The van der Waals surface area contributed by atoms with E-state index in [2.05, 4.69) is 10.6 Å². The summed E-state index contributed by atoms with van der Waals surface area (Å²) in [5.74, 6) is -0.106. The summed E-state index contributed by atoms with van der Waals surface area (Å²) in [6.07, 6.45) is 1.70. The summed E-state index contributed by atoms with van der Waals surface area (Å²) in [6.45, 7) is 0.0250. The lowest BCUT2D eigenvalue weighted by atomic mass is 10.1. The molecule has 100 valence electrons. The number of amides is 1. The Morgan fingerprint density at radius 3 is 2.60 bits per heavy atom. The predicted molar refractivity (Wildman–Crippen MR) is 79.0 cm³/mol. The van der Waals surface area contributed by atoms with Gasteiger partial charge in [0.2, 0.25) is 0 Å². The second-order valence-corrected chi connectivity index (χ2v) is 4.56. The van der Waals surface area contributed by atoms with E-state index in [9.17, 15) is 4.79 Å². The van der Waals surface area contributed by atoms with Gasteiger partial charge in [0.1, 0.15) is 0 Å². The van der Waals surface area contributed by atoms with Crippen LogP contribution in [0.3, 0.4) is 0 Å². The number of carbonyl (C=O) groups is 1. The standard InChI is InChI=1S/C16H14N2O2/c19-10-11-5-7-12(8-6-11)17-9-14-13-3-1-2-4-15(13)18-16(14)20/h1-9,17,19H,10H2,(H,18,20). The molecule has 0 bridgehead atoms. The first kappa shape index (κ1) is 12.4. The smallest absolute Gasteiger partial charge is 0.257 e. The predicted octanol–water partition coefficient (Wildman–Crippen LogP) is 2.58. The molecule has 1 heterocycles. The molecule has 20 heavy (non-hydrogen) atoms. The lowest BCUT2D eigenvalue weighted by molar-refractivity contribution is -0.110. The van der Waals surface area contributed by atoms with Crippen LogP contribution in [0.5, 0.6) is 0 Å². The molecule has 3 rings (SSSR count). The van der Waals surface area contributed by atoms with Gasteiger partial charge in [-0.15, -0.1) is 0 Å². The fourth-order valence-electron chi connectivity index (χ4n) is 2.14. The van der Waals surface area contributed by atoms with Crippen molar-refractivity contribution in [3.05, 3.63) is 65.9 Å². The van der Waals surface area contributed by atoms with E-state index in [4.69, 9.17) is 5.11 Å². The normalized spacial score (nSPS) is 15.1. The number of aliphatic hydroxyl groups is 1. The highest BCUT2D eigenvalue weighted by molar-refractivity contribution is 6.31. The molecule has 4 nitrogen and oxygen atoms in total. The quantitative estimate of drug-likeness (QED) is 0.748. The Morgan fingerprint density at radius 2 is 1.85 bits per heavy atom. The second-order valence-electron chi connectivity index (χ2n) is 4.56. The average Bonchev–Trinajstić information content (AvgIpc) is 2.81. The van der Waals surface area contributed by atoms with Crippen LogP contribution in [-0.4, -0.2) is 11.0 Å². The molecule has 0 aliphatic carbocycles. The van der Waals surface area contributed by atoms with Gasteiger partial charge in [-0.3, -0.25) is 4.79 Å². The van der Waals surface area contributed by atoms with Crippen LogP contribution in [0.1, 0.15) is 11.1 Å². The fourth-order valence-corrected chi connectivity index (χ4v) is 2.14. The average molecular weight is 266 g/mol. The van der Waals surface area contributed by atoms with E-state index >= 15 is 0 Å². The second kappa shape index (κ2) is 5.19. The Morgan fingerprint density at radius 1 is 1.10 bits per heavy atom. The molecule has 0 fully saturated rings. The summed E-state index contributed by atoms with van der Waals surface area (Å²) in [6, 6.07) is 15.0. The van der Waals surface area contributed by atoms with Gasteiger partial charge in [0.15, 0.2) is 0 Å². The summed E-state index contributed by atoms with van der Waals surface area (Å²) < 4.78 is 0. The number of hydrogen-bond donors (Lipinski definition) is 3. The van der Waals surface area contributed by atoms with Crippen LogP contribution in [0.2, 0.25) is 0 Å². The summed E-state index contributed by atoms with van der Waals surface area (Å²) in [7, 11) is 0. The van der Waals surface area contributed by atoms with Crippen molar-refractivity contribution in [1.82, 2.24) is 0 Å². The van der Waals surface area contributed by atoms with E-state index in [1.54, 1.807) is 6.20 Å². The van der Waals surface area contributed by atoms with Crippen LogP contribution in [0, 0.1) is 0 Å². The van der Waals surface area contributed by atoms with Crippen molar-refractivity contribution in [2.45, 2.75) is 6.61 Å². The Bertz CT molecular complexity index is 675. The first-order valence-electron chi connectivity index (χ1n) is 6.35. The summed E-state index contributed by atoms with van der Waals surface area (Å²) in [4.78, 5) is 11.9. The molecule has 1 aliphatic heterocycles. The molecule has 0 spiro atoms. The molecule has 3 N–H and O–H groups in total. The lowest BCUT2D eigenvalue weighted by Gasteiger charge is -2.03. The van der Waals surface area contributed by atoms with Crippen LogP contribution >= 0.6 is 0 Å². The minimum absolute atomic E-state index is 0.0250. The molecule has 0 saturated heterocycles. The van der Waals surface area contributed by atoms with Crippen LogP contribution in [-0.2, 0) is 11.4 Å². The van der Waals surface area contributed by atoms with Gasteiger partial charge in [-0.05, 0) is 23.8 Å². The molecular weight excluding hydrogens is 252 g/mol. The van der Waals surface area contributed by atoms with Crippen LogP contribution in [0.25, 0.3) is 5.57 Å². The first-order valence-corrected chi connectivity index (χ1v) is 6.35. The Labute approximate surface area is 116 Å². The zero-order valence-corrected chi connectivity index (χ0v) is 10.8. The van der Waals surface area contributed by atoms with Crippen molar-refractivity contribution in [2.24, 2.45) is 0 Å². The number of carbonyl (C=O) groups excluding carboxylic acids is 1. The van der Waals surface area contributed by atoms with Gasteiger partial charge in [0.05, 0.1) is 12.2 Å². The number of aliphatic hydroxyl groups excluding tert-OH is 1. The Kier molecular flexibility index (Phi) is 3.23. The largest absolute Gasteiger partial charge is 0.392 e. The van der Waals surface area contributed by atoms with E-state index in [0.29, 0.717) is 5.57 Å². The van der Waals surface area contributed by atoms with Crippen molar-refractivity contribution in [2.75, 3.05) is 10.6 Å². The van der Waals surface area contributed by atoms with E-state index in [-0.39, 0.29) is 12.5 Å². The third kappa shape index (κ3) is 2.29. The van der Waals surface area contributed by atoms with E-state index < -0.39 is 0 Å². The number of para-hydroxylation sites is 1. The summed E-state index contributed by atoms with van der Waals surface area (Å²) in [5, 5.41) is 14.9. The van der Waals surface area contributed by atoms with E-state index in [1.165, 1.54) is 0 Å². The van der Waals surface area contributed by atoms with Crippen molar-refractivity contribution < 1.29 is 9.90 Å². The van der Waals surface area contributed by atoms with Gasteiger partial charge in [0, 0.05) is 23.1 Å². The van der Waals surface area contributed by atoms with E-state index in [0.717, 1.165) is 22.5 Å². The van der Waals surface area contributed by atoms with Crippen molar-refractivity contribution >= 4 is 22.9 Å². The third-order valence-electron chi connectivity index (χ3n) is 3.23. The fraction of sp³-hybridized carbons (Fsp3) is 0.0625. The molecule has 0 unspecified atom stereocenters. The van der Waals surface area contributed by atoms with Gasteiger partial charge in [-0.2, -0.15) is 0 Å². The van der Waals surface area contributed by atoms with Crippen molar-refractivity contribution in [3.8, 4) is 0 Å². The van der Waals surface area contributed by atoms with Crippen molar-refractivity contribution in [3.63, 3.8) is 0 Å². The van der Waals surface area contributed by atoms with Gasteiger partial charge >= 0.3 is 0 Å². The molecule has 0 saturated carbocycles. The summed E-state index contributed by atoms with van der Waals surface area (Å²) in [5.41, 5.74) is 4.07. The lowest BCUT2D eigenvalue weighted by Crippen LogP contribution is -2.05. The molecule has 2 aromatic carbocycles. The maximum Gasteiger partial charge on any atom is 0.257 e. The van der Waals surface area contributed by atoms with E-state index in [1.807, 2.05) is 48.5 Å². The highest BCUT2D eigenvalue weighted by atomic mass is 16.3. The highest BCUT2D eigenvalue weighted by Crippen LogP contribution is 2.31. The molecule has 0 radical (unpaired) electrons. The monoisotopic (exact) mass is 266 g/mol. The Balaban J connectivity index is 1.83. The zero-order chi connectivity index (χ0) is 13.9. The number of hydrogen-bond acceptors (Lipinski definition) is 3. The van der Waals surface area contributed by atoms with Gasteiger partial charge < -0.3 is 15.7 Å². The first-order chi connectivity index (χ1) is 9.78. The minimum Gasteiger partial charge on any atom is -0.392 e. The third-order valence-corrected chi connectivity index (χ3v) is 3.23. The molecule has 0 atom stereocenters. The van der Waals surface area contributed by atoms with Crippen LogP contribution < -0.4 is 10.6 Å². The van der Waals surface area contributed by atoms with Crippen molar-refractivity contribution in [1.29, 1.82) is 0 Å². The van der Waals surface area contributed by atoms with Gasteiger partial charge in [0.25, 0.3) is 5.91 Å². The molecule has 1 aliphatic rings.